The lowest BCUT2D eigenvalue weighted by atomic mass is 9.94. The standard InChI is InChI=1S/C25H26N2O6S/c1-5-12-33-22-17(10-7-11-18(22)30-4)21-20(24(29)31-6-2)15(3)26-25-27(21)23(28)19(34-25)14-16-9-8-13-32-16/h7-11,13-14,21H,5-6,12H2,1-4H3/b19-14+. The van der Waals surface area contributed by atoms with Gasteiger partial charge in [0.05, 0.1) is 42.4 Å². The van der Waals surface area contributed by atoms with Gasteiger partial charge in [-0.3, -0.25) is 9.36 Å². The fourth-order valence-electron chi connectivity index (χ4n) is 3.86. The molecule has 0 aliphatic carbocycles. The molecule has 1 aromatic carbocycles. The van der Waals surface area contributed by atoms with E-state index in [2.05, 4.69) is 4.99 Å². The van der Waals surface area contributed by atoms with Gasteiger partial charge in [0.1, 0.15) is 11.8 Å². The number of rotatable bonds is 8. The van der Waals surface area contributed by atoms with E-state index in [0.29, 0.717) is 44.5 Å². The average molecular weight is 483 g/mol. The lowest BCUT2D eigenvalue weighted by Gasteiger charge is -2.27. The van der Waals surface area contributed by atoms with Gasteiger partial charge in [0.25, 0.3) is 5.56 Å². The number of carbonyl (C=O) groups excluding carboxylic acids is 1. The molecule has 0 saturated heterocycles. The Labute approximate surface area is 200 Å². The van der Waals surface area contributed by atoms with Crippen molar-refractivity contribution in [2.24, 2.45) is 4.99 Å². The van der Waals surface area contributed by atoms with Crippen LogP contribution in [0.1, 0.15) is 44.6 Å². The second-order valence-electron chi connectivity index (χ2n) is 7.54. The van der Waals surface area contributed by atoms with E-state index in [9.17, 15) is 9.59 Å². The summed E-state index contributed by atoms with van der Waals surface area (Å²) in [6.07, 6.45) is 4.00. The molecular formula is C25H26N2O6S. The van der Waals surface area contributed by atoms with Gasteiger partial charge in [-0.05, 0) is 38.5 Å². The Kier molecular flexibility index (Phi) is 7.02. The largest absolute Gasteiger partial charge is 0.493 e. The Bertz CT molecular complexity index is 1400. The number of allylic oxidation sites excluding steroid dienone is 1. The first kappa shape index (κ1) is 23.6. The highest BCUT2D eigenvalue weighted by molar-refractivity contribution is 7.07. The number of fused-ring (bicyclic) bond motifs is 1. The van der Waals surface area contributed by atoms with Gasteiger partial charge in [0.15, 0.2) is 16.3 Å². The lowest BCUT2D eigenvalue weighted by Crippen LogP contribution is -2.40. The van der Waals surface area contributed by atoms with Crippen LogP contribution in [0.4, 0.5) is 0 Å². The van der Waals surface area contributed by atoms with Gasteiger partial charge in [-0.2, -0.15) is 0 Å². The fourth-order valence-corrected chi connectivity index (χ4v) is 4.88. The number of thiazole rings is 1. The Balaban J connectivity index is 2.01. The Morgan fingerprint density at radius 3 is 2.76 bits per heavy atom. The zero-order valence-electron chi connectivity index (χ0n) is 19.5. The summed E-state index contributed by atoms with van der Waals surface area (Å²) in [5.41, 5.74) is 1.10. The highest BCUT2D eigenvalue weighted by Gasteiger charge is 2.36. The fraction of sp³-hybridized carbons (Fsp3) is 0.320. The van der Waals surface area contributed by atoms with E-state index < -0.39 is 12.0 Å². The van der Waals surface area contributed by atoms with Crippen LogP contribution in [-0.2, 0) is 9.53 Å². The average Bonchev–Trinajstić information content (AvgIpc) is 3.44. The minimum absolute atomic E-state index is 0.197. The summed E-state index contributed by atoms with van der Waals surface area (Å²) >= 11 is 1.23. The number of furan rings is 1. The molecule has 0 fully saturated rings. The van der Waals surface area contributed by atoms with Crippen LogP contribution in [-0.4, -0.2) is 30.9 Å². The van der Waals surface area contributed by atoms with Crippen LogP contribution < -0.4 is 24.4 Å². The van der Waals surface area contributed by atoms with Crippen LogP contribution in [0.2, 0.25) is 0 Å². The van der Waals surface area contributed by atoms with Gasteiger partial charge in [-0.1, -0.05) is 30.4 Å². The number of para-hydroxylation sites is 1. The molecule has 8 nitrogen and oxygen atoms in total. The van der Waals surface area contributed by atoms with Crippen molar-refractivity contribution in [2.75, 3.05) is 20.3 Å². The molecule has 1 unspecified atom stereocenters. The summed E-state index contributed by atoms with van der Waals surface area (Å²) in [4.78, 5) is 31.8. The van der Waals surface area contributed by atoms with Crippen LogP contribution in [0.25, 0.3) is 6.08 Å². The molecular weight excluding hydrogens is 456 g/mol. The molecule has 0 radical (unpaired) electrons. The van der Waals surface area contributed by atoms with Crippen LogP contribution in [0.15, 0.2) is 62.1 Å². The zero-order valence-corrected chi connectivity index (χ0v) is 20.3. The van der Waals surface area contributed by atoms with Crippen LogP contribution in [0, 0.1) is 0 Å². The van der Waals surface area contributed by atoms with Gasteiger partial charge >= 0.3 is 5.97 Å². The van der Waals surface area contributed by atoms with Crippen molar-refractivity contribution in [3.05, 3.63) is 78.9 Å². The normalized spacial score (nSPS) is 15.6. The lowest BCUT2D eigenvalue weighted by molar-refractivity contribution is -0.139. The van der Waals surface area contributed by atoms with Crippen LogP contribution >= 0.6 is 11.3 Å². The molecule has 0 amide bonds. The molecule has 0 saturated carbocycles. The smallest absolute Gasteiger partial charge is 0.338 e. The summed E-state index contributed by atoms with van der Waals surface area (Å²) in [6, 6.07) is 8.15. The van der Waals surface area contributed by atoms with E-state index in [1.165, 1.54) is 15.9 Å². The van der Waals surface area contributed by atoms with E-state index in [-0.39, 0.29) is 17.7 Å². The number of carbonyl (C=O) groups is 1. The molecule has 9 heteroatoms. The predicted molar refractivity (Wildman–Crippen MR) is 128 cm³/mol. The molecule has 1 aliphatic heterocycles. The van der Waals surface area contributed by atoms with Crippen LogP contribution in [0.3, 0.4) is 0 Å². The number of aromatic nitrogens is 1. The van der Waals surface area contributed by atoms with E-state index in [0.717, 1.165) is 6.42 Å². The highest BCUT2D eigenvalue weighted by atomic mass is 32.1. The van der Waals surface area contributed by atoms with Crippen molar-refractivity contribution in [3.63, 3.8) is 0 Å². The topological polar surface area (TPSA) is 92.3 Å². The molecule has 3 heterocycles. The predicted octanol–water partition coefficient (Wildman–Crippen LogP) is 3.19. The molecule has 0 spiro atoms. The second-order valence-corrected chi connectivity index (χ2v) is 8.55. The molecule has 1 atom stereocenters. The maximum Gasteiger partial charge on any atom is 0.338 e. The van der Waals surface area contributed by atoms with Crippen molar-refractivity contribution >= 4 is 23.4 Å². The monoisotopic (exact) mass is 482 g/mol. The number of ether oxygens (including phenoxy) is 3. The van der Waals surface area contributed by atoms with Crippen molar-refractivity contribution in [1.82, 2.24) is 4.57 Å². The number of methoxy groups -OCH3 is 1. The van der Waals surface area contributed by atoms with Gasteiger partial charge in [-0.25, -0.2) is 9.79 Å². The van der Waals surface area contributed by atoms with Gasteiger partial charge in [0, 0.05) is 11.6 Å². The molecule has 0 bridgehead atoms. The Morgan fingerprint density at radius 1 is 1.26 bits per heavy atom. The third-order valence-electron chi connectivity index (χ3n) is 5.31. The summed E-state index contributed by atoms with van der Waals surface area (Å²) < 4.78 is 24.3. The first-order chi connectivity index (χ1) is 16.5. The van der Waals surface area contributed by atoms with Crippen molar-refractivity contribution < 1.29 is 23.4 Å². The maximum atomic E-state index is 13.6. The SMILES string of the molecule is CCCOc1c(OC)cccc1C1C(C(=O)OCC)=C(C)N=c2s/c(=C/c3ccco3)c(=O)n21. The summed E-state index contributed by atoms with van der Waals surface area (Å²) in [5, 5.41) is 0. The van der Waals surface area contributed by atoms with E-state index in [4.69, 9.17) is 18.6 Å². The molecule has 2 aromatic heterocycles. The van der Waals surface area contributed by atoms with Crippen LogP contribution in [0.5, 0.6) is 11.5 Å². The number of hydrogen-bond acceptors (Lipinski definition) is 8. The summed E-state index contributed by atoms with van der Waals surface area (Å²) in [7, 11) is 1.56. The molecule has 34 heavy (non-hydrogen) atoms. The number of nitrogens with zero attached hydrogens (tertiary/aromatic N) is 2. The molecule has 1 aliphatic rings. The van der Waals surface area contributed by atoms with Gasteiger partial charge < -0.3 is 18.6 Å². The minimum Gasteiger partial charge on any atom is -0.493 e. The maximum absolute atomic E-state index is 13.6. The first-order valence-electron chi connectivity index (χ1n) is 11.0. The van der Waals surface area contributed by atoms with E-state index in [1.54, 1.807) is 51.5 Å². The summed E-state index contributed by atoms with van der Waals surface area (Å²) in [6.45, 7) is 6.13. The van der Waals surface area contributed by atoms with E-state index >= 15 is 0 Å². The van der Waals surface area contributed by atoms with Crippen molar-refractivity contribution in [3.8, 4) is 11.5 Å². The molecule has 4 rings (SSSR count). The number of benzene rings is 1. The zero-order chi connectivity index (χ0) is 24.2. The second kappa shape index (κ2) is 10.1. The first-order valence-corrected chi connectivity index (χ1v) is 11.8. The number of hydrogen-bond donors (Lipinski definition) is 0. The third kappa shape index (κ3) is 4.31. The van der Waals surface area contributed by atoms with Crippen molar-refractivity contribution in [2.45, 2.75) is 33.2 Å². The third-order valence-corrected chi connectivity index (χ3v) is 6.29. The molecule has 3 aromatic rings. The van der Waals surface area contributed by atoms with Gasteiger partial charge in [0.2, 0.25) is 0 Å². The summed E-state index contributed by atoms with van der Waals surface area (Å²) in [5.74, 6) is 1.02. The Morgan fingerprint density at radius 2 is 2.09 bits per heavy atom. The number of esters is 1. The van der Waals surface area contributed by atoms with Crippen molar-refractivity contribution in [1.29, 1.82) is 0 Å². The van der Waals surface area contributed by atoms with E-state index in [1.807, 2.05) is 19.1 Å². The molecule has 0 N–H and O–H groups in total. The van der Waals surface area contributed by atoms with Gasteiger partial charge in [-0.15, -0.1) is 0 Å². The quantitative estimate of drug-likeness (QED) is 0.458. The minimum atomic E-state index is -0.795. The Hall–Kier alpha value is -3.59. The molecule has 178 valence electrons. The highest BCUT2D eigenvalue weighted by Crippen LogP contribution is 2.40.